The molecule has 2 aromatic rings. The summed E-state index contributed by atoms with van der Waals surface area (Å²) in [5, 5.41) is 13.0. The lowest BCUT2D eigenvalue weighted by Crippen LogP contribution is -2.37. The zero-order valence-electron chi connectivity index (χ0n) is 17.8. The number of aliphatic hydroxyl groups excluding tert-OH is 1. The lowest BCUT2D eigenvalue weighted by atomic mass is 9.99. The van der Waals surface area contributed by atoms with E-state index < -0.39 is 17.7 Å². The average molecular weight is 429 g/mol. The molecule has 0 saturated carbocycles. The third kappa shape index (κ3) is 4.13. The molecule has 1 aromatic carbocycles. The number of hydrogen-bond acceptors (Lipinski definition) is 6. The maximum absolute atomic E-state index is 13.0. The van der Waals surface area contributed by atoms with E-state index >= 15 is 0 Å². The molecule has 30 heavy (non-hydrogen) atoms. The van der Waals surface area contributed by atoms with Crippen LogP contribution in [-0.2, 0) is 9.59 Å². The highest BCUT2D eigenvalue weighted by molar-refractivity contribution is 7.10. The van der Waals surface area contributed by atoms with Gasteiger partial charge in [-0.1, -0.05) is 19.9 Å². The van der Waals surface area contributed by atoms with Crippen molar-refractivity contribution in [2.75, 3.05) is 33.3 Å². The number of Topliss-reactive ketones (excluding diaryl/α,β-unsaturated/α-hetero) is 1. The quantitative estimate of drug-likeness (QED) is 0.393. The maximum atomic E-state index is 13.0. The number of aliphatic hydroxyl groups is 1. The number of carbonyl (C=O) groups excluding carboxylic acids is 2. The van der Waals surface area contributed by atoms with E-state index in [9.17, 15) is 14.7 Å². The molecule has 1 aliphatic rings. The average Bonchev–Trinajstić information content (AvgIpc) is 3.36. The van der Waals surface area contributed by atoms with E-state index in [1.54, 1.807) is 30.2 Å². The number of rotatable bonds is 8. The summed E-state index contributed by atoms with van der Waals surface area (Å²) in [7, 11) is 1.58. The van der Waals surface area contributed by atoms with Gasteiger partial charge in [0.25, 0.3) is 11.7 Å². The van der Waals surface area contributed by atoms with Gasteiger partial charge in [-0.2, -0.15) is 0 Å². The fraction of sp³-hybridized carbons (Fsp3) is 0.391. The SMILES string of the molecule is CCN(CC)CCN1C(=O)C(=O)C(=C(O)c2ccc(OC)c(C)c2)[C@@H]1c1cccs1. The predicted octanol–water partition coefficient (Wildman–Crippen LogP) is 3.83. The Morgan fingerprint density at radius 3 is 2.53 bits per heavy atom. The second-order valence-electron chi connectivity index (χ2n) is 7.22. The van der Waals surface area contributed by atoms with E-state index in [1.807, 2.05) is 24.4 Å². The van der Waals surface area contributed by atoms with Crippen molar-refractivity contribution in [3.8, 4) is 5.75 Å². The van der Waals surface area contributed by atoms with Gasteiger partial charge in [0.15, 0.2) is 0 Å². The number of aryl methyl sites for hydroxylation is 1. The lowest BCUT2D eigenvalue weighted by molar-refractivity contribution is -0.140. The molecule has 1 aliphatic heterocycles. The van der Waals surface area contributed by atoms with Crippen LogP contribution >= 0.6 is 11.3 Å². The van der Waals surface area contributed by atoms with Crippen molar-refractivity contribution < 1.29 is 19.4 Å². The maximum Gasteiger partial charge on any atom is 0.295 e. The molecule has 160 valence electrons. The molecule has 7 heteroatoms. The summed E-state index contributed by atoms with van der Waals surface area (Å²) in [5.41, 5.74) is 1.48. The first-order chi connectivity index (χ1) is 14.4. The summed E-state index contributed by atoms with van der Waals surface area (Å²) < 4.78 is 5.29. The largest absolute Gasteiger partial charge is 0.507 e. The third-order valence-electron chi connectivity index (χ3n) is 5.57. The van der Waals surface area contributed by atoms with Gasteiger partial charge in [0.05, 0.1) is 18.7 Å². The molecular weight excluding hydrogens is 400 g/mol. The summed E-state index contributed by atoms with van der Waals surface area (Å²) in [4.78, 5) is 30.6. The van der Waals surface area contributed by atoms with Crippen molar-refractivity contribution in [2.24, 2.45) is 0 Å². The molecule has 1 atom stereocenters. The minimum atomic E-state index is -0.640. The van der Waals surface area contributed by atoms with Crippen LogP contribution in [0.1, 0.15) is 35.9 Å². The topological polar surface area (TPSA) is 70.1 Å². The first-order valence-electron chi connectivity index (χ1n) is 10.1. The number of ether oxygens (including phenoxy) is 1. The molecule has 0 unspecified atom stereocenters. The van der Waals surface area contributed by atoms with Crippen LogP contribution in [0, 0.1) is 6.92 Å². The van der Waals surface area contributed by atoms with Crippen molar-refractivity contribution >= 4 is 28.8 Å². The monoisotopic (exact) mass is 428 g/mol. The van der Waals surface area contributed by atoms with Gasteiger partial charge in [0.1, 0.15) is 11.5 Å². The van der Waals surface area contributed by atoms with Gasteiger partial charge in [-0.05, 0) is 55.2 Å². The number of nitrogens with zero attached hydrogens (tertiary/aromatic N) is 2. The molecule has 0 bridgehead atoms. The van der Waals surface area contributed by atoms with Crippen molar-refractivity contribution in [1.82, 2.24) is 9.80 Å². The Morgan fingerprint density at radius 1 is 1.23 bits per heavy atom. The fourth-order valence-corrected chi connectivity index (χ4v) is 4.67. The van der Waals surface area contributed by atoms with E-state index in [0.717, 1.165) is 23.5 Å². The van der Waals surface area contributed by atoms with Crippen LogP contribution in [0.5, 0.6) is 5.75 Å². The van der Waals surface area contributed by atoms with E-state index in [2.05, 4.69) is 18.7 Å². The van der Waals surface area contributed by atoms with Gasteiger partial charge < -0.3 is 19.6 Å². The van der Waals surface area contributed by atoms with E-state index in [0.29, 0.717) is 24.4 Å². The number of amides is 1. The Morgan fingerprint density at radius 2 is 1.97 bits per heavy atom. The summed E-state index contributed by atoms with van der Waals surface area (Å²) in [6.45, 7) is 8.84. The van der Waals surface area contributed by atoms with Crippen molar-refractivity contribution in [3.05, 3.63) is 57.3 Å². The predicted molar refractivity (Wildman–Crippen MR) is 119 cm³/mol. The normalized spacial score (nSPS) is 18.4. The van der Waals surface area contributed by atoms with Gasteiger partial charge in [-0.3, -0.25) is 9.59 Å². The van der Waals surface area contributed by atoms with Gasteiger partial charge in [-0.15, -0.1) is 11.3 Å². The Labute approximate surface area is 181 Å². The molecule has 0 aliphatic carbocycles. The molecule has 1 amide bonds. The van der Waals surface area contributed by atoms with Crippen molar-refractivity contribution in [3.63, 3.8) is 0 Å². The number of benzene rings is 1. The van der Waals surface area contributed by atoms with Gasteiger partial charge in [-0.25, -0.2) is 0 Å². The summed E-state index contributed by atoms with van der Waals surface area (Å²) >= 11 is 1.47. The van der Waals surface area contributed by atoms with Crippen LogP contribution in [0.2, 0.25) is 0 Å². The lowest BCUT2D eigenvalue weighted by Gasteiger charge is -2.27. The fourth-order valence-electron chi connectivity index (χ4n) is 3.82. The van der Waals surface area contributed by atoms with E-state index in [4.69, 9.17) is 4.74 Å². The van der Waals surface area contributed by atoms with Gasteiger partial charge >= 0.3 is 0 Å². The summed E-state index contributed by atoms with van der Waals surface area (Å²) in [6.07, 6.45) is 0. The van der Waals surface area contributed by atoms with Crippen LogP contribution in [0.25, 0.3) is 5.76 Å². The first-order valence-corrected chi connectivity index (χ1v) is 11.0. The van der Waals surface area contributed by atoms with Crippen LogP contribution in [-0.4, -0.2) is 59.9 Å². The van der Waals surface area contributed by atoms with Gasteiger partial charge in [0, 0.05) is 23.5 Å². The van der Waals surface area contributed by atoms with Crippen LogP contribution in [0.4, 0.5) is 0 Å². The molecule has 2 heterocycles. The van der Waals surface area contributed by atoms with Crippen LogP contribution in [0.3, 0.4) is 0 Å². The number of carbonyl (C=O) groups is 2. The highest BCUT2D eigenvalue weighted by Crippen LogP contribution is 2.41. The molecule has 1 aromatic heterocycles. The molecule has 0 spiro atoms. The van der Waals surface area contributed by atoms with Crippen molar-refractivity contribution in [1.29, 1.82) is 0 Å². The number of hydrogen-bond donors (Lipinski definition) is 1. The second-order valence-corrected chi connectivity index (χ2v) is 8.20. The number of ketones is 1. The van der Waals surface area contributed by atoms with Crippen LogP contribution < -0.4 is 4.74 Å². The number of likely N-dealkylation sites (tertiary alicyclic amines) is 1. The molecule has 1 fully saturated rings. The molecule has 6 nitrogen and oxygen atoms in total. The Kier molecular flexibility index (Phi) is 6.95. The number of thiophene rings is 1. The molecule has 0 radical (unpaired) electrons. The van der Waals surface area contributed by atoms with Crippen LogP contribution in [0.15, 0.2) is 41.3 Å². The molecule has 1 saturated heterocycles. The third-order valence-corrected chi connectivity index (χ3v) is 6.50. The Hall–Kier alpha value is -2.64. The standard InChI is InChI=1S/C23H28N2O4S/c1-5-24(6-2)11-12-25-20(18-8-7-13-30-18)19(22(27)23(25)28)21(26)16-9-10-17(29-4)15(3)14-16/h7-10,13-14,20,26H,5-6,11-12H2,1-4H3/t20-/m0/s1. The minimum absolute atomic E-state index is 0.145. The first kappa shape index (κ1) is 22.1. The van der Waals surface area contributed by atoms with E-state index in [1.165, 1.54) is 11.3 Å². The second kappa shape index (κ2) is 9.45. The smallest absolute Gasteiger partial charge is 0.295 e. The summed E-state index contributed by atoms with van der Waals surface area (Å²) in [6, 6.07) is 8.43. The molecule has 1 N–H and O–H groups in total. The highest BCUT2D eigenvalue weighted by atomic mass is 32.1. The number of methoxy groups -OCH3 is 1. The zero-order chi connectivity index (χ0) is 21.8. The minimum Gasteiger partial charge on any atom is -0.507 e. The van der Waals surface area contributed by atoms with Crippen molar-refractivity contribution in [2.45, 2.75) is 26.8 Å². The Bertz CT molecular complexity index is 948. The zero-order valence-corrected chi connectivity index (χ0v) is 18.7. The molecular formula is C23H28N2O4S. The molecule has 3 rings (SSSR count). The Balaban J connectivity index is 2.05. The van der Waals surface area contributed by atoms with E-state index in [-0.39, 0.29) is 11.3 Å². The summed E-state index contributed by atoms with van der Waals surface area (Å²) in [5.74, 6) is -0.657. The number of likely N-dealkylation sites (N-methyl/N-ethyl adjacent to an activating group) is 1. The van der Waals surface area contributed by atoms with Gasteiger partial charge in [0.2, 0.25) is 0 Å². The highest BCUT2D eigenvalue weighted by Gasteiger charge is 2.46.